The molecule has 20 heavy (non-hydrogen) atoms. The molecule has 0 saturated carbocycles. The molecule has 107 valence electrons. The van der Waals surface area contributed by atoms with Crippen LogP contribution in [0.15, 0.2) is 30.3 Å². The van der Waals surface area contributed by atoms with E-state index in [1.165, 1.54) is 0 Å². The fraction of sp³-hybridized carbons (Fsp3) is 0.444. The van der Waals surface area contributed by atoms with Crippen molar-refractivity contribution in [1.29, 1.82) is 0 Å². The van der Waals surface area contributed by atoms with Crippen LogP contribution in [0.5, 0.6) is 11.5 Å². The normalized spacial score (nSPS) is 10.7. The molecule has 0 saturated heterocycles. The molecule has 0 atom stereocenters. The number of unbranched alkanes of at least 4 members (excludes halogenated alkanes) is 2. The van der Waals surface area contributed by atoms with Gasteiger partial charge in [-0.2, -0.15) is 0 Å². The van der Waals surface area contributed by atoms with Crippen LogP contribution in [-0.2, 0) is 0 Å². The molecule has 2 nitrogen and oxygen atoms in total. The summed E-state index contributed by atoms with van der Waals surface area (Å²) in [5, 5.41) is 2.15. The lowest BCUT2D eigenvalue weighted by Crippen LogP contribution is -2.02. The highest BCUT2D eigenvalue weighted by Crippen LogP contribution is 2.35. The molecule has 0 aliphatic heterocycles. The van der Waals surface area contributed by atoms with Gasteiger partial charge in [-0.25, -0.2) is 0 Å². The van der Waals surface area contributed by atoms with Gasteiger partial charge in [-0.1, -0.05) is 44.9 Å². The maximum Gasteiger partial charge on any atom is 0.168 e. The summed E-state index contributed by atoms with van der Waals surface area (Å²) in [6.45, 7) is 5.80. The Bertz CT molecular complexity index is 534. The second-order valence-corrected chi connectivity index (χ2v) is 4.93. The lowest BCUT2D eigenvalue weighted by molar-refractivity contribution is 0.264. The van der Waals surface area contributed by atoms with Crippen molar-refractivity contribution in [3.8, 4) is 11.5 Å². The summed E-state index contributed by atoms with van der Waals surface area (Å²) in [6, 6.07) is 13.3. The second-order valence-electron chi connectivity index (χ2n) is 4.93. The fourth-order valence-electron chi connectivity index (χ4n) is 2.06. The van der Waals surface area contributed by atoms with Gasteiger partial charge in [0.2, 0.25) is 0 Å². The van der Waals surface area contributed by atoms with Gasteiger partial charge in [-0.3, -0.25) is 0 Å². The first kappa shape index (κ1) is 14.7. The van der Waals surface area contributed by atoms with E-state index in [0.717, 1.165) is 61.2 Å². The molecule has 0 aliphatic rings. The molecular formula is C18H23O2. The number of benzene rings is 2. The molecule has 1 radical (unpaired) electrons. The van der Waals surface area contributed by atoms with E-state index in [-0.39, 0.29) is 0 Å². The maximum atomic E-state index is 5.98. The summed E-state index contributed by atoms with van der Waals surface area (Å²) < 4.78 is 11.9. The molecule has 0 N–H and O–H groups in total. The molecule has 0 heterocycles. The average Bonchev–Trinajstić information content (AvgIpc) is 2.49. The Morgan fingerprint density at radius 3 is 2.45 bits per heavy atom. The van der Waals surface area contributed by atoms with Gasteiger partial charge in [0.25, 0.3) is 0 Å². The molecule has 2 heteroatoms. The van der Waals surface area contributed by atoms with Crippen LogP contribution in [0.1, 0.15) is 39.5 Å². The molecule has 0 amide bonds. The van der Waals surface area contributed by atoms with Gasteiger partial charge in [-0.05, 0) is 36.4 Å². The van der Waals surface area contributed by atoms with Crippen LogP contribution in [0.25, 0.3) is 10.8 Å². The summed E-state index contributed by atoms with van der Waals surface area (Å²) >= 11 is 0. The van der Waals surface area contributed by atoms with E-state index in [2.05, 4.69) is 26.0 Å². The van der Waals surface area contributed by atoms with Gasteiger partial charge in [0.15, 0.2) is 11.5 Å². The molecule has 2 aromatic rings. The van der Waals surface area contributed by atoms with Crippen LogP contribution >= 0.6 is 0 Å². The monoisotopic (exact) mass is 271 g/mol. The van der Waals surface area contributed by atoms with Gasteiger partial charge in [0, 0.05) is 5.39 Å². The van der Waals surface area contributed by atoms with Crippen molar-refractivity contribution >= 4 is 10.8 Å². The molecule has 2 aromatic carbocycles. The van der Waals surface area contributed by atoms with Crippen LogP contribution in [0.3, 0.4) is 0 Å². The third-order valence-corrected chi connectivity index (χ3v) is 3.26. The van der Waals surface area contributed by atoms with Crippen LogP contribution in [0.4, 0.5) is 0 Å². The second kappa shape index (κ2) is 7.78. The topological polar surface area (TPSA) is 18.5 Å². The first-order chi connectivity index (χ1) is 9.86. The summed E-state index contributed by atoms with van der Waals surface area (Å²) in [4.78, 5) is 0. The van der Waals surface area contributed by atoms with E-state index < -0.39 is 0 Å². The van der Waals surface area contributed by atoms with Gasteiger partial charge in [0.1, 0.15) is 0 Å². The van der Waals surface area contributed by atoms with Crippen molar-refractivity contribution in [2.24, 2.45) is 0 Å². The van der Waals surface area contributed by atoms with Crippen molar-refractivity contribution in [2.45, 2.75) is 39.5 Å². The summed E-state index contributed by atoms with van der Waals surface area (Å²) in [5.74, 6) is 1.71. The van der Waals surface area contributed by atoms with Crippen LogP contribution in [0, 0.1) is 6.07 Å². The highest BCUT2D eigenvalue weighted by Gasteiger charge is 2.10. The predicted molar refractivity (Wildman–Crippen MR) is 83.6 cm³/mol. The maximum absolute atomic E-state index is 5.98. The van der Waals surface area contributed by atoms with Crippen molar-refractivity contribution in [3.05, 3.63) is 36.4 Å². The number of hydrogen-bond donors (Lipinski definition) is 0. The minimum Gasteiger partial charge on any atom is -0.490 e. The number of fused-ring (bicyclic) bond motifs is 1. The third kappa shape index (κ3) is 3.66. The third-order valence-electron chi connectivity index (χ3n) is 3.26. The van der Waals surface area contributed by atoms with Crippen LogP contribution in [-0.4, -0.2) is 13.2 Å². The van der Waals surface area contributed by atoms with E-state index in [4.69, 9.17) is 9.47 Å². The molecule has 0 spiro atoms. The zero-order valence-corrected chi connectivity index (χ0v) is 12.4. The lowest BCUT2D eigenvalue weighted by Gasteiger charge is -2.15. The Labute approximate surface area is 121 Å². The van der Waals surface area contributed by atoms with Crippen LogP contribution < -0.4 is 9.47 Å². The van der Waals surface area contributed by atoms with Gasteiger partial charge in [-0.15, -0.1) is 0 Å². The first-order valence-corrected chi connectivity index (χ1v) is 7.55. The predicted octanol–water partition coefficient (Wildman–Crippen LogP) is 5.00. The molecule has 2 rings (SSSR count). The summed E-state index contributed by atoms with van der Waals surface area (Å²) in [6.07, 6.45) is 4.38. The molecule has 0 aliphatic carbocycles. The van der Waals surface area contributed by atoms with E-state index in [1.54, 1.807) is 0 Å². The van der Waals surface area contributed by atoms with Gasteiger partial charge in [0.05, 0.1) is 13.2 Å². The van der Waals surface area contributed by atoms with E-state index >= 15 is 0 Å². The van der Waals surface area contributed by atoms with Crippen molar-refractivity contribution in [2.75, 3.05) is 13.2 Å². The largest absolute Gasteiger partial charge is 0.490 e. The van der Waals surface area contributed by atoms with Crippen molar-refractivity contribution in [1.82, 2.24) is 0 Å². The smallest absolute Gasteiger partial charge is 0.168 e. The molecule has 0 fully saturated rings. The van der Waals surface area contributed by atoms with E-state index in [0.29, 0.717) is 0 Å². The first-order valence-electron chi connectivity index (χ1n) is 7.55. The summed E-state index contributed by atoms with van der Waals surface area (Å²) in [5.41, 5.74) is 0. The fourth-order valence-corrected chi connectivity index (χ4v) is 2.06. The summed E-state index contributed by atoms with van der Waals surface area (Å²) in [7, 11) is 0. The Morgan fingerprint density at radius 2 is 1.70 bits per heavy atom. The molecule has 0 aromatic heterocycles. The van der Waals surface area contributed by atoms with Gasteiger partial charge < -0.3 is 9.47 Å². The SMILES string of the molecule is CCCCOc1ccc2[c]cccc2c1OCCCC. The number of hydrogen-bond acceptors (Lipinski definition) is 2. The molecule has 0 unspecified atom stereocenters. The van der Waals surface area contributed by atoms with E-state index in [9.17, 15) is 0 Å². The Hall–Kier alpha value is -1.70. The van der Waals surface area contributed by atoms with Crippen LogP contribution in [0.2, 0.25) is 0 Å². The highest BCUT2D eigenvalue weighted by atomic mass is 16.5. The zero-order chi connectivity index (χ0) is 14.2. The van der Waals surface area contributed by atoms with Gasteiger partial charge >= 0.3 is 0 Å². The molecule has 0 bridgehead atoms. The van der Waals surface area contributed by atoms with Crippen molar-refractivity contribution in [3.63, 3.8) is 0 Å². The lowest BCUT2D eigenvalue weighted by atomic mass is 10.1. The minimum absolute atomic E-state index is 0.731. The Morgan fingerprint density at radius 1 is 0.950 bits per heavy atom. The minimum atomic E-state index is 0.731. The zero-order valence-electron chi connectivity index (χ0n) is 12.4. The van der Waals surface area contributed by atoms with Crippen molar-refractivity contribution < 1.29 is 9.47 Å². The highest BCUT2D eigenvalue weighted by molar-refractivity contribution is 5.90. The Balaban J connectivity index is 2.26. The standard InChI is InChI=1S/C18H23O2/c1-3-5-13-19-17-12-11-15-9-7-8-10-16(15)18(17)20-14-6-4-2/h7-8,10-12H,3-6,13-14H2,1-2H3. The Kier molecular flexibility index (Phi) is 5.72. The average molecular weight is 271 g/mol. The van der Waals surface area contributed by atoms with E-state index in [1.807, 2.05) is 24.3 Å². The molecular weight excluding hydrogens is 248 g/mol. The number of ether oxygens (including phenoxy) is 2. The quantitative estimate of drug-likeness (QED) is 0.629. The number of rotatable bonds is 8.